The second-order valence-corrected chi connectivity index (χ2v) is 10.6. The summed E-state index contributed by atoms with van der Waals surface area (Å²) in [7, 11) is 0. The molecule has 0 aliphatic carbocycles. The van der Waals surface area contributed by atoms with Crippen molar-refractivity contribution < 1.29 is 23.8 Å². The van der Waals surface area contributed by atoms with E-state index in [4.69, 9.17) is 24.2 Å². The van der Waals surface area contributed by atoms with Crippen molar-refractivity contribution >= 4 is 29.2 Å². The lowest BCUT2D eigenvalue weighted by Gasteiger charge is -2.30. The Bertz CT molecular complexity index is 1550. The zero-order valence-electron chi connectivity index (χ0n) is 22.6. The third-order valence-electron chi connectivity index (χ3n) is 6.65. The minimum Gasteiger partial charge on any atom is -0.444 e. The second kappa shape index (κ2) is 10.2. The molecule has 1 fully saturated rings. The zero-order valence-corrected chi connectivity index (χ0v) is 22.6. The van der Waals surface area contributed by atoms with E-state index in [1.54, 1.807) is 34.2 Å². The van der Waals surface area contributed by atoms with Crippen LogP contribution in [0.1, 0.15) is 26.5 Å². The van der Waals surface area contributed by atoms with Crippen LogP contribution in [0.25, 0.3) is 22.3 Å². The molecule has 208 valence electrons. The van der Waals surface area contributed by atoms with E-state index in [1.807, 2.05) is 32.9 Å². The maximum atomic E-state index is 13.5. The van der Waals surface area contributed by atoms with Crippen molar-refractivity contribution in [3.8, 4) is 17.0 Å². The van der Waals surface area contributed by atoms with Gasteiger partial charge in [-0.2, -0.15) is 5.10 Å². The Kier molecular flexibility index (Phi) is 6.58. The molecule has 1 amide bonds. The van der Waals surface area contributed by atoms with Gasteiger partial charge in [0.2, 0.25) is 5.95 Å². The number of pyridine rings is 1. The summed E-state index contributed by atoms with van der Waals surface area (Å²) in [4.78, 5) is 43.6. The quantitative estimate of drug-likeness (QED) is 0.377. The Morgan fingerprint density at radius 3 is 2.50 bits per heavy atom. The van der Waals surface area contributed by atoms with E-state index in [-0.39, 0.29) is 12.3 Å². The summed E-state index contributed by atoms with van der Waals surface area (Å²) >= 11 is 0. The SMILES string of the molecule is CC(C)(C)OC(=O)N1CCn2ncc(OC(=O)n3ccc4nc(N5CCOCC5)nc(-c5ccncc5)c43)c2C1. The molecule has 2 aliphatic heterocycles. The topological polar surface area (TPSA) is 130 Å². The predicted octanol–water partition coefficient (Wildman–Crippen LogP) is 3.32. The summed E-state index contributed by atoms with van der Waals surface area (Å²) in [5.41, 5.74) is 2.50. The van der Waals surface area contributed by atoms with Crippen molar-refractivity contribution in [3.05, 3.63) is 48.7 Å². The molecule has 6 rings (SSSR count). The molecule has 0 unspecified atom stereocenters. The maximum absolute atomic E-state index is 13.5. The molecule has 1 saturated heterocycles. The summed E-state index contributed by atoms with van der Waals surface area (Å²) in [5, 5.41) is 4.35. The smallest absolute Gasteiger partial charge is 0.424 e. The molecule has 0 radical (unpaired) electrons. The van der Waals surface area contributed by atoms with Gasteiger partial charge in [0.25, 0.3) is 0 Å². The van der Waals surface area contributed by atoms with E-state index < -0.39 is 17.8 Å². The van der Waals surface area contributed by atoms with Gasteiger partial charge in [-0.15, -0.1) is 0 Å². The van der Waals surface area contributed by atoms with Crippen LogP contribution in [0, 0.1) is 0 Å². The maximum Gasteiger partial charge on any atom is 0.424 e. The summed E-state index contributed by atoms with van der Waals surface area (Å²) < 4.78 is 20.0. The minimum atomic E-state index is -0.641. The zero-order chi connectivity index (χ0) is 27.9. The third kappa shape index (κ3) is 5.07. The number of ether oxygens (including phenoxy) is 3. The monoisotopic (exact) mass is 546 g/mol. The number of aromatic nitrogens is 6. The fraction of sp³-hybridized carbons (Fsp3) is 0.407. The molecule has 13 nitrogen and oxygen atoms in total. The Morgan fingerprint density at radius 2 is 1.75 bits per heavy atom. The highest BCUT2D eigenvalue weighted by molar-refractivity contribution is 5.97. The van der Waals surface area contributed by atoms with Crippen molar-refractivity contribution in [1.29, 1.82) is 0 Å². The highest BCUT2D eigenvalue weighted by Gasteiger charge is 2.30. The van der Waals surface area contributed by atoms with Crippen molar-refractivity contribution in [2.45, 2.75) is 39.5 Å². The van der Waals surface area contributed by atoms with Gasteiger partial charge in [0.15, 0.2) is 5.75 Å². The first kappa shape index (κ1) is 25.7. The number of fused-ring (bicyclic) bond motifs is 2. The van der Waals surface area contributed by atoms with Crippen molar-refractivity contribution in [1.82, 2.24) is 34.2 Å². The van der Waals surface area contributed by atoms with Crippen LogP contribution < -0.4 is 9.64 Å². The summed E-state index contributed by atoms with van der Waals surface area (Å²) in [6.45, 7) is 9.12. The number of nitrogens with zero attached hydrogens (tertiary/aromatic N) is 8. The van der Waals surface area contributed by atoms with Gasteiger partial charge < -0.3 is 24.0 Å². The van der Waals surface area contributed by atoms with E-state index in [9.17, 15) is 9.59 Å². The number of morpholine rings is 1. The average Bonchev–Trinajstić information content (AvgIpc) is 3.56. The van der Waals surface area contributed by atoms with Gasteiger partial charge in [0, 0.05) is 43.8 Å². The number of hydrogen-bond donors (Lipinski definition) is 0. The van der Waals surface area contributed by atoms with E-state index in [0.717, 1.165) is 5.56 Å². The Balaban J connectivity index is 1.31. The molecule has 0 atom stereocenters. The lowest BCUT2D eigenvalue weighted by molar-refractivity contribution is 0.0193. The van der Waals surface area contributed by atoms with E-state index >= 15 is 0 Å². The molecule has 0 aromatic carbocycles. The molecule has 0 bridgehead atoms. The number of carbonyl (C=O) groups excluding carboxylic acids is 2. The molecule has 0 saturated carbocycles. The van der Waals surface area contributed by atoms with E-state index in [1.165, 1.54) is 10.8 Å². The fourth-order valence-corrected chi connectivity index (χ4v) is 4.73. The summed E-state index contributed by atoms with van der Waals surface area (Å²) in [6, 6.07) is 5.45. The molecule has 0 spiro atoms. The third-order valence-corrected chi connectivity index (χ3v) is 6.65. The summed E-state index contributed by atoms with van der Waals surface area (Å²) in [5.74, 6) is 0.845. The van der Waals surface area contributed by atoms with Gasteiger partial charge in [-0.3, -0.25) is 9.67 Å². The molecule has 2 aliphatic rings. The van der Waals surface area contributed by atoms with Crippen molar-refractivity contribution in [2.75, 3.05) is 37.7 Å². The first-order valence-electron chi connectivity index (χ1n) is 13.1. The molecule has 0 N–H and O–H groups in total. The first-order chi connectivity index (χ1) is 19.3. The van der Waals surface area contributed by atoms with Crippen LogP contribution in [0.15, 0.2) is 43.0 Å². The van der Waals surface area contributed by atoms with Crippen LogP contribution in [-0.2, 0) is 22.6 Å². The van der Waals surface area contributed by atoms with Gasteiger partial charge in [-0.05, 0) is 39.0 Å². The molecular weight excluding hydrogens is 516 g/mol. The number of amides is 1. The Morgan fingerprint density at radius 1 is 0.975 bits per heavy atom. The Hall–Kier alpha value is -4.52. The van der Waals surface area contributed by atoms with Gasteiger partial charge in [-0.1, -0.05) is 0 Å². The molecular formula is C27H30N8O5. The van der Waals surface area contributed by atoms with Gasteiger partial charge >= 0.3 is 12.2 Å². The molecule has 6 heterocycles. The summed E-state index contributed by atoms with van der Waals surface area (Å²) in [6.07, 6.45) is 5.41. The lowest BCUT2D eigenvalue weighted by Crippen LogP contribution is -2.41. The minimum absolute atomic E-state index is 0.207. The van der Waals surface area contributed by atoms with Crippen LogP contribution in [0.4, 0.5) is 15.5 Å². The second-order valence-electron chi connectivity index (χ2n) is 10.6. The van der Waals surface area contributed by atoms with Gasteiger partial charge in [0.1, 0.15) is 22.5 Å². The molecule has 4 aromatic rings. The molecule has 13 heteroatoms. The van der Waals surface area contributed by atoms with Crippen LogP contribution in [-0.4, -0.2) is 84.8 Å². The highest BCUT2D eigenvalue weighted by atomic mass is 16.6. The fourth-order valence-electron chi connectivity index (χ4n) is 4.73. The normalized spacial score (nSPS) is 15.7. The number of hydrogen-bond acceptors (Lipinski definition) is 10. The Labute approximate surface area is 230 Å². The lowest BCUT2D eigenvalue weighted by atomic mass is 10.1. The average molecular weight is 547 g/mol. The molecule has 40 heavy (non-hydrogen) atoms. The molecule has 4 aromatic heterocycles. The van der Waals surface area contributed by atoms with Crippen molar-refractivity contribution in [2.24, 2.45) is 0 Å². The van der Waals surface area contributed by atoms with Gasteiger partial charge in [-0.25, -0.2) is 24.1 Å². The van der Waals surface area contributed by atoms with Crippen LogP contribution in [0.5, 0.6) is 5.75 Å². The standard InChI is InChI=1S/C27H30N8O5/c1-27(2,3)40-25(36)33-10-11-35-20(17-33)21(16-29-35)39-26(37)34-9-6-19-23(34)22(18-4-7-28-8-5-18)31-24(30-19)32-12-14-38-15-13-32/h4-9,16H,10-15,17H2,1-3H3. The van der Waals surface area contributed by atoms with Crippen LogP contribution in [0.3, 0.4) is 0 Å². The van der Waals surface area contributed by atoms with Gasteiger partial charge in [0.05, 0.1) is 38.0 Å². The van der Waals surface area contributed by atoms with Crippen LogP contribution >= 0.6 is 0 Å². The first-order valence-corrected chi connectivity index (χ1v) is 13.1. The van der Waals surface area contributed by atoms with Crippen molar-refractivity contribution in [3.63, 3.8) is 0 Å². The van der Waals surface area contributed by atoms with E-state index in [0.29, 0.717) is 67.8 Å². The van der Waals surface area contributed by atoms with Crippen LogP contribution in [0.2, 0.25) is 0 Å². The number of carbonyl (C=O) groups is 2. The number of rotatable bonds is 3. The van der Waals surface area contributed by atoms with E-state index in [2.05, 4.69) is 15.0 Å². The highest BCUT2D eigenvalue weighted by Crippen LogP contribution is 2.31. The number of anilines is 1. The predicted molar refractivity (Wildman–Crippen MR) is 144 cm³/mol. The largest absolute Gasteiger partial charge is 0.444 e.